The summed E-state index contributed by atoms with van der Waals surface area (Å²) in [5.74, 6) is 1.12. The summed E-state index contributed by atoms with van der Waals surface area (Å²) in [5, 5.41) is 3.11. The molecule has 1 aliphatic rings. The fourth-order valence-electron chi connectivity index (χ4n) is 4.08. The number of anilines is 2. The van der Waals surface area contributed by atoms with Crippen LogP contribution in [0.2, 0.25) is 0 Å². The minimum absolute atomic E-state index is 0.0180. The molecule has 0 aliphatic carbocycles. The fourth-order valence-corrected chi connectivity index (χ4v) is 4.08. The lowest BCUT2D eigenvalue weighted by Crippen LogP contribution is -2.24. The Morgan fingerprint density at radius 1 is 1.12 bits per heavy atom. The van der Waals surface area contributed by atoms with Gasteiger partial charge in [0.1, 0.15) is 17.5 Å². The molecule has 1 saturated heterocycles. The van der Waals surface area contributed by atoms with E-state index in [1.807, 2.05) is 19.2 Å². The van der Waals surface area contributed by atoms with Gasteiger partial charge in [-0.25, -0.2) is 14.4 Å². The topological polar surface area (TPSA) is 61.4 Å². The summed E-state index contributed by atoms with van der Waals surface area (Å²) >= 11 is 0. The van der Waals surface area contributed by atoms with Gasteiger partial charge in [-0.1, -0.05) is 24.3 Å². The average Bonchev–Trinajstić information content (AvgIpc) is 3.17. The van der Waals surface area contributed by atoms with E-state index in [9.17, 15) is 9.18 Å². The number of carbonyl (C=O) groups is 1. The van der Waals surface area contributed by atoms with Gasteiger partial charge in [0.2, 0.25) is 5.91 Å². The van der Waals surface area contributed by atoms with E-state index in [0.29, 0.717) is 25.2 Å². The molecular formula is C25H28FN5O. The van der Waals surface area contributed by atoms with Crippen molar-refractivity contribution in [3.05, 3.63) is 83.1 Å². The second kappa shape index (κ2) is 9.44. The van der Waals surface area contributed by atoms with Gasteiger partial charge >= 0.3 is 0 Å². The van der Waals surface area contributed by atoms with Crippen LogP contribution in [0.1, 0.15) is 35.0 Å². The molecule has 0 unspecified atom stereocenters. The molecule has 3 aromatic rings. The lowest BCUT2D eigenvalue weighted by Gasteiger charge is -2.19. The van der Waals surface area contributed by atoms with Crippen LogP contribution < -0.4 is 10.2 Å². The maximum Gasteiger partial charge on any atom is 0.227 e. The van der Waals surface area contributed by atoms with Crippen LogP contribution in [0.15, 0.2) is 54.6 Å². The molecule has 1 atom stereocenters. The van der Waals surface area contributed by atoms with Crippen molar-refractivity contribution in [3.63, 3.8) is 0 Å². The second-order valence-electron chi connectivity index (χ2n) is 8.32. The molecule has 0 bridgehead atoms. The summed E-state index contributed by atoms with van der Waals surface area (Å²) in [6.45, 7) is 4.03. The van der Waals surface area contributed by atoms with Crippen molar-refractivity contribution in [2.75, 3.05) is 30.9 Å². The first-order valence-corrected chi connectivity index (χ1v) is 10.8. The molecule has 6 nitrogen and oxygen atoms in total. The summed E-state index contributed by atoms with van der Waals surface area (Å²) in [6, 6.07) is 16.3. The van der Waals surface area contributed by atoms with Gasteiger partial charge in [0.05, 0.1) is 12.2 Å². The van der Waals surface area contributed by atoms with E-state index in [-0.39, 0.29) is 17.6 Å². The Morgan fingerprint density at radius 2 is 1.88 bits per heavy atom. The molecule has 2 aromatic carbocycles. The van der Waals surface area contributed by atoms with Crippen LogP contribution in [0.25, 0.3) is 0 Å². The van der Waals surface area contributed by atoms with Gasteiger partial charge in [0.25, 0.3) is 0 Å². The highest BCUT2D eigenvalue weighted by atomic mass is 19.1. The Kier molecular flexibility index (Phi) is 6.46. The third-order valence-corrected chi connectivity index (χ3v) is 5.84. The Bertz CT molecular complexity index is 1100. The van der Waals surface area contributed by atoms with E-state index in [1.54, 1.807) is 17.0 Å². The average molecular weight is 434 g/mol. The van der Waals surface area contributed by atoms with Crippen LogP contribution in [0, 0.1) is 12.7 Å². The van der Waals surface area contributed by atoms with Crippen LogP contribution in [0.5, 0.6) is 0 Å². The van der Waals surface area contributed by atoms with Gasteiger partial charge in [0.15, 0.2) is 0 Å². The monoisotopic (exact) mass is 433 g/mol. The Hall–Kier alpha value is -3.32. The summed E-state index contributed by atoms with van der Waals surface area (Å²) < 4.78 is 13.3. The molecule has 1 N–H and O–H groups in total. The SMILES string of the molecule is CNc1cc([C@@H]2CC(=O)N(c3ccc(F)cc3)C2)nc(CN(C)Cc2ccccc2C)n1. The summed E-state index contributed by atoms with van der Waals surface area (Å²) in [5.41, 5.74) is 4.09. The van der Waals surface area contributed by atoms with Gasteiger partial charge in [-0.2, -0.15) is 0 Å². The molecule has 2 heterocycles. The second-order valence-corrected chi connectivity index (χ2v) is 8.32. The number of benzene rings is 2. The maximum atomic E-state index is 13.3. The number of halogens is 1. The molecule has 0 saturated carbocycles. The molecule has 1 amide bonds. The van der Waals surface area contributed by atoms with Crippen molar-refractivity contribution >= 4 is 17.4 Å². The van der Waals surface area contributed by atoms with Gasteiger partial charge in [-0.05, 0) is 49.4 Å². The normalized spacial score (nSPS) is 16.1. The molecule has 166 valence electrons. The summed E-state index contributed by atoms with van der Waals surface area (Å²) in [6.07, 6.45) is 0.371. The number of aromatic nitrogens is 2. The highest BCUT2D eigenvalue weighted by Gasteiger charge is 2.33. The number of hydrogen-bond acceptors (Lipinski definition) is 5. The molecule has 1 fully saturated rings. The number of hydrogen-bond donors (Lipinski definition) is 1. The molecule has 7 heteroatoms. The first-order chi connectivity index (χ1) is 15.4. The van der Waals surface area contributed by atoms with Crippen LogP contribution >= 0.6 is 0 Å². The van der Waals surface area contributed by atoms with Crippen LogP contribution in [0.4, 0.5) is 15.9 Å². The van der Waals surface area contributed by atoms with Gasteiger partial charge in [-0.15, -0.1) is 0 Å². The lowest BCUT2D eigenvalue weighted by atomic mass is 10.0. The standard InChI is InChI=1S/C25H28FN5O/c1-17-6-4-5-7-18(17)14-30(3)16-24-28-22(13-23(27-2)29-24)19-12-25(32)31(15-19)21-10-8-20(26)9-11-21/h4-11,13,19H,12,14-16H2,1-3H3,(H,27,28,29)/t19-/m1/s1. The fraction of sp³-hybridized carbons (Fsp3) is 0.320. The van der Waals surface area contributed by atoms with Gasteiger partial charge in [0, 0.05) is 44.2 Å². The highest BCUT2D eigenvalue weighted by Crippen LogP contribution is 2.32. The number of rotatable bonds is 7. The van der Waals surface area contributed by atoms with Crippen molar-refractivity contribution < 1.29 is 9.18 Å². The predicted molar refractivity (Wildman–Crippen MR) is 124 cm³/mol. The molecule has 32 heavy (non-hydrogen) atoms. The molecule has 4 rings (SSSR count). The Morgan fingerprint density at radius 3 is 2.59 bits per heavy atom. The zero-order chi connectivity index (χ0) is 22.7. The third kappa shape index (κ3) is 4.94. The number of carbonyl (C=O) groups excluding carboxylic acids is 1. The number of amides is 1. The number of nitrogens with zero attached hydrogens (tertiary/aromatic N) is 4. The van der Waals surface area contributed by atoms with E-state index in [4.69, 9.17) is 4.98 Å². The van der Waals surface area contributed by atoms with Crippen molar-refractivity contribution in [3.8, 4) is 0 Å². The lowest BCUT2D eigenvalue weighted by molar-refractivity contribution is -0.117. The predicted octanol–water partition coefficient (Wildman–Crippen LogP) is 4.12. The molecule has 1 aromatic heterocycles. The molecule has 0 spiro atoms. The van der Waals surface area contributed by atoms with E-state index in [0.717, 1.165) is 23.9 Å². The zero-order valence-corrected chi connectivity index (χ0v) is 18.7. The van der Waals surface area contributed by atoms with E-state index in [2.05, 4.69) is 47.4 Å². The largest absolute Gasteiger partial charge is 0.373 e. The van der Waals surface area contributed by atoms with Crippen LogP contribution in [0.3, 0.4) is 0 Å². The first kappa shape index (κ1) is 21.9. The minimum Gasteiger partial charge on any atom is -0.373 e. The number of nitrogens with one attached hydrogen (secondary N) is 1. The maximum absolute atomic E-state index is 13.3. The quantitative estimate of drug-likeness (QED) is 0.607. The summed E-state index contributed by atoms with van der Waals surface area (Å²) in [4.78, 5) is 26.0. The van der Waals surface area contributed by atoms with E-state index < -0.39 is 0 Å². The minimum atomic E-state index is -0.314. The Balaban J connectivity index is 1.51. The smallest absolute Gasteiger partial charge is 0.227 e. The Labute approximate surface area is 188 Å². The highest BCUT2D eigenvalue weighted by molar-refractivity contribution is 5.96. The van der Waals surface area contributed by atoms with Crippen molar-refractivity contribution in [2.45, 2.75) is 32.4 Å². The summed E-state index contributed by atoms with van der Waals surface area (Å²) in [7, 11) is 3.88. The molecule has 1 aliphatic heterocycles. The van der Waals surface area contributed by atoms with E-state index >= 15 is 0 Å². The van der Waals surface area contributed by atoms with Gasteiger partial charge in [-0.3, -0.25) is 9.69 Å². The van der Waals surface area contributed by atoms with Gasteiger partial charge < -0.3 is 10.2 Å². The first-order valence-electron chi connectivity index (χ1n) is 10.8. The third-order valence-electron chi connectivity index (χ3n) is 5.84. The van der Waals surface area contributed by atoms with Crippen LogP contribution in [-0.2, 0) is 17.9 Å². The van der Waals surface area contributed by atoms with E-state index in [1.165, 1.54) is 23.3 Å². The van der Waals surface area contributed by atoms with Crippen molar-refractivity contribution in [2.24, 2.45) is 0 Å². The molecular weight excluding hydrogens is 405 g/mol. The van der Waals surface area contributed by atoms with Crippen molar-refractivity contribution in [1.82, 2.24) is 14.9 Å². The molecule has 0 radical (unpaired) electrons. The van der Waals surface area contributed by atoms with Crippen LogP contribution in [-0.4, -0.2) is 41.4 Å². The zero-order valence-electron chi connectivity index (χ0n) is 18.7. The van der Waals surface area contributed by atoms with Crippen molar-refractivity contribution in [1.29, 1.82) is 0 Å². The number of aryl methyl sites for hydroxylation is 1.